The van der Waals surface area contributed by atoms with Gasteiger partial charge in [0.05, 0.1) is 0 Å². The molecular weight excluding hydrogens is 318 g/mol. The van der Waals surface area contributed by atoms with Gasteiger partial charge in [0.2, 0.25) is 0 Å². The average Bonchev–Trinajstić information content (AvgIpc) is 2.72. The number of nitrogens with zero attached hydrogens (tertiary/aromatic N) is 1. The van der Waals surface area contributed by atoms with E-state index in [9.17, 15) is 5.11 Å². The van der Waals surface area contributed by atoms with Crippen LogP contribution in [-0.2, 0) is 5.60 Å². The number of piperidine rings is 1. The number of likely N-dealkylation sites (tertiary alicyclic amines) is 1. The highest BCUT2D eigenvalue weighted by molar-refractivity contribution is 5.85. The van der Waals surface area contributed by atoms with Crippen LogP contribution in [0.4, 0.5) is 0 Å². The van der Waals surface area contributed by atoms with Gasteiger partial charge in [-0.1, -0.05) is 60.7 Å². The quantitative estimate of drug-likeness (QED) is 0.841. The fourth-order valence-corrected chi connectivity index (χ4v) is 4.17. The third-order valence-electron chi connectivity index (χ3n) is 5.49. The molecule has 0 spiro atoms. The van der Waals surface area contributed by atoms with E-state index in [1.54, 1.807) is 0 Å². The van der Waals surface area contributed by atoms with Crippen molar-refractivity contribution in [3.8, 4) is 0 Å². The largest absolute Gasteiger partial charge is 0.380 e. The number of hydrogen-bond donors (Lipinski definition) is 1. The van der Waals surface area contributed by atoms with E-state index in [1.807, 2.05) is 24.3 Å². The summed E-state index contributed by atoms with van der Waals surface area (Å²) in [7, 11) is 2.16. The number of halogens is 1. The summed E-state index contributed by atoms with van der Waals surface area (Å²) in [5.74, 6) is 0.251. The van der Waals surface area contributed by atoms with Gasteiger partial charge in [0, 0.05) is 0 Å². The molecule has 1 saturated heterocycles. The van der Waals surface area contributed by atoms with Gasteiger partial charge in [-0.2, -0.15) is 0 Å². The zero-order valence-electron chi connectivity index (χ0n) is 14.0. The van der Waals surface area contributed by atoms with E-state index in [0.717, 1.165) is 48.2 Å². The fraction of sp³-hybridized carbons (Fsp3) is 0.333. The van der Waals surface area contributed by atoms with Crippen molar-refractivity contribution in [2.24, 2.45) is 5.92 Å². The zero-order valence-corrected chi connectivity index (χ0v) is 14.8. The topological polar surface area (TPSA) is 23.5 Å². The third-order valence-corrected chi connectivity index (χ3v) is 5.49. The van der Waals surface area contributed by atoms with Crippen molar-refractivity contribution in [2.45, 2.75) is 18.4 Å². The van der Waals surface area contributed by atoms with Crippen molar-refractivity contribution in [1.29, 1.82) is 0 Å². The molecule has 1 aliphatic carbocycles. The molecule has 3 heteroatoms. The Morgan fingerprint density at radius 1 is 0.875 bits per heavy atom. The molecule has 2 aliphatic rings. The first-order valence-electron chi connectivity index (χ1n) is 8.47. The molecule has 126 valence electrons. The summed E-state index contributed by atoms with van der Waals surface area (Å²) < 4.78 is 0. The second kappa shape index (κ2) is 6.72. The second-order valence-corrected chi connectivity index (χ2v) is 6.85. The maximum Gasteiger partial charge on any atom is 0.119 e. The number of fused-ring (bicyclic) bond motifs is 2. The summed E-state index contributed by atoms with van der Waals surface area (Å²) in [6.45, 7) is 2.09. The molecule has 2 aromatic rings. The molecule has 1 N–H and O–H groups in total. The monoisotopic (exact) mass is 341 g/mol. The molecule has 2 nitrogen and oxygen atoms in total. The molecule has 0 unspecified atom stereocenters. The Bertz CT molecular complexity index is 698. The summed E-state index contributed by atoms with van der Waals surface area (Å²) in [5, 5.41) is 12.0. The minimum Gasteiger partial charge on any atom is -0.380 e. The molecule has 1 aliphatic heterocycles. The van der Waals surface area contributed by atoms with Gasteiger partial charge < -0.3 is 10.0 Å². The van der Waals surface area contributed by atoms with E-state index in [2.05, 4.69) is 48.4 Å². The zero-order chi connectivity index (χ0) is 15.9. The number of aliphatic hydroxyl groups is 1. The van der Waals surface area contributed by atoms with Crippen LogP contribution in [0, 0.1) is 5.92 Å². The summed E-state index contributed by atoms with van der Waals surface area (Å²) in [6.07, 6.45) is 6.33. The van der Waals surface area contributed by atoms with Crippen molar-refractivity contribution in [2.75, 3.05) is 20.1 Å². The fourth-order valence-electron chi connectivity index (χ4n) is 4.17. The van der Waals surface area contributed by atoms with Gasteiger partial charge in [-0.3, -0.25) is 0 Å². The molecule has 1 fully saturated rings. The maximum absolute atomic E-state index is 12.0. The Morgan fingerprint density at radius 3 is 1.83 bits per heavy atom. The van der Waals surface area contributed by atoms with E-state index < -0.39 is 5.60 Å². The van der Waals surface area contributed by atoms with Gasteiger partial charge in [-0.25, -0.2) is 0 Å². The number of hydrogen-bond acceptors (Lipinski definition) is 2. The van der Waals surface area contributed by atoms with Crippen molar-refractivity contribution >= 4 is 24.6 Å². The average molecular weight is 342 g/mol. The lowest BCUT2D eigenvalue weighted by atomic mass is 9.70. The van der Waals surface area contributed by atoms with Crippen molar-refractivity contribution in [3.63, 3.8) is 0 Å². The van der Waals surface area contributed by atoms with E-state index in [1.165, 1.54) is 0 Å². The summed E-state index contributed by atoms with van der Waals surface area (Å²) in [6, 6.07) is 16.6. The van der Waals surface area contributed by atoms with Crippen LogP contribution in [0.3, 0.4) is 0 Å². The molecule has 0 aromatic heterocycles. The molecule has 0 bridgehead atoms. The molecular formula is C21H24ClNO. The van der Waals surface area contributed by atoms with Crippen LogP contribution in [-0.4, -0.2) is 30.1 Å². The Kier molecular flexibility index (Phi) is 4.82. The molecule has 0 saturated carbocycles. The molecule has 0 atom stereocenters. The van der Waals surface area contributed by atoms with Crippen LogP contribution in [0.1, 0.15) is 35.1 Å². The van der Waals surface area contributed by atoms with Crippen LogP contribution >= 0.6 is 12.4 Å². The van der Waals surface area contributed by atoms with Gasteiger partial charge in [0.25, 0.3) is 0 Å². The Balaban J connectivity index is 0.00000169. The highest BCUT2D eigenvalue weighted by Crippen LogP contribution is 2.46. The minimum absolute atomic E-state index is 0. The Hall–Kier alpha value is -1.61. The van der Waals surface area contributed by atoms with E-state index >= 15 is 0 Å². The number of benzene rings is 2. The van der Waals surface area contributed by atoms with E-state index in [-0.39, 0.29) is 18.3 Å². The molecule has 24 heavy (non-hydrogen) atoms. The standard InChI is InChI=1S/C21H23NO.ClH/c1-22-14-12-18(13-15-22)21(23)19-8-4-2-6-16(19)10-11-17-7-3-5-9-20(17)21;/h2-11,18,23H,12-15H2,1H3;1H. The molecule has 1 heterocycles. The Morgan fingerprint density at radius 2 is 1.33 bits per heavy atom. The predicted molar refractivity (Wildman–Crippen MR) is 102 cm³/mol. The summed E-state index contributed by atoms with van der Waals surface area (Å²) >= 11 is 0. The normalized spacial score (nSPS) is 19.8. The molecule has 0 amide bonds. The van der Waals surface area contributed by atoms with E-state index in [0.29, 0.717) is 0 Å². The van der Waals surface area contributed by atoms with Crippen molar-refractivity contribution in [3.05, 3.63) is 70.8 Å². The lowest BCUT2D eigenvalue weighted by molar-refractivity contribution is -0.0110. The summed E-state index contributed by atoms with van der Waals surface area (Å²) in [5.41, 5.74) is 3.46. The molecule has 4 rings (SSSR count). The molecule has 2 aromatic carbocycles. The first kappa shape index (κ1) is 17.2. The van der Waals surface area contributed by atoms with Gasteiger partial charge in [-0.15, -0.1) is 12.4 Å². The second-order valence-electron chi connectivity index (χ2n) is 6.85. The minimum atomic E-state index is -0.905. The van der Waals surface area contributed by atoms with Gasteiger partial charge in [-0.05, 0) is 61.2 Å². The highest BCUT2D eigenvalue weighted by atomic mass is 35.5. The van der Waals surface area contributed by atoms with Gasteiger partial charge in [0.15, 0.2) is 0 Å². The highest BCUT2D eigenvalue weighted by Gasteiger charge is 2.43. The van der Waals surface area contributed by atoms with Crippen LogP contribution in [0.25, 0.3) is 12.2 Å². The maximum atomic E-state index is 12.0. The van der Waals surface area contributed by atoms with Crippen molar-refractivity contribution < 1.29 is 5.11 Å². The first-order chi connectivity index (χ1) is 11.2. The lowest BCUT2D eigenvalue weighted by Gasteiger charge is -2.42. The van der Waals surface area contributed by atoms with Crippen LogP contribution in [0.15, 0.2) is 48.5 Å². The van der Waals surface area contributed by atoms with Crippen LogP contribution in [0.2, 0.25) is 0 Å². The van der Waals surface area contributed by atoms with Crippen LogP contribution < -0.4 is 0 Å². The molecule has 0 radical (unpaired) electrons. The van der Waals surface area contributed by atoms with Crippen LogP contribution in [0.5, 0.6) is 0 Å². The number of rotatable bonds is 1. The third kappa shape index (κ3) is 2.69. The lowest BCUT2D eigenvalue weighted by Crippen LogP contribution is -2.43. The summed E-state index contributed by atoms with van der Waals surface area (Å²) in [4.78, 5) is 2.35. The first-order valence-corrected chi connectivity index (χ1v) is 8.47. The van der Waals surface area contributed by atoms with Gasteiger partial charge >= 0.3 is 0 Å². The van der Waals surface area contributed by atoms with E-state index in [4.69, 9.17) is 0 Å². The Labute approximate surface area is 150 Å². The predicted octanol–water partition coefficient (Wildman–Crippen LogP) is 4.17. The van der Waals surface area contributed by atoms with Gasteiger partial charge in [0.1, 0.15) is 5.60 Å². The smallest absolute Gasteiger partial charge is 0.119 e. The van der Waals surface area contributed by atoms with Crippen molar-refractivity contribution in [1.82, 2.24) is 4.90 Å². The SMILES string of the molecule is CN1CCC(C2(O)c3ccccc3C=Cc3ccccc32)CC1.Cl.